The zero-order valence-corrected chi connectivity index (χ0v) is 12.9. The number of carbonyl (C=O) groups excluding carboxylic acids is 1. The summed E-state index contributed by atoms with van der Waals surface area (Å²) in [5.41, 5.74) is 1.02. The molecule has 1 aliphatic rings. The van der Waals surface area contributed by atoms with Crippen molar-refractivity contribution >= 4 is 11.9 Å². The maximum Gasteiger partial charge on any atom is 0.325 e. The fourth-order valence-electron chi connectivity index (χ4n) is 2.61. The highest BCUT2D eigenvalue weighted by Gasteiger charge is 2.17. The van der Waals surface area contributed by atoms with Gasteiger partial charge in [-0.3, -0.25) is 9.59 Å². The molecular formula is C17H23NO4. The molecule has 0 radical (unpaired) electrons. The lowest BCUT2D eigenvalue weighted by Gasteiger charge is -2.14. The number of ether oxygens (including phenoxy) is 1. The minimum atomic E-state index is -1.03. The van der Waals surface area contributed by atoms with E-state index in [0.717, 1.165) is 24.2 Å². The van der Waals surface area contributed by atoms with E-state index >= 15 is 0 Å². The Morgan fingerprint density at radius 1 is 1.36 bits per heavy atom. The van der Waals surface area contributed by atoms with E-state index in [9.17, 15) is 9.59 Å². The molecule has 1 atom stereocenters. The Balaban J connectivity index is 1.82. The monoisotopic (exact) mass is 305 g/mol. The molecule has 1 saturated carbocycles. The Hall–Kier alpha value is -2.04. The van der Waals surface area contributed by atoms with E-state index in [0.29, 0.717) is 12.5 Å². The SMILES string of the molecule is C[C@H](NC(=O)CCc1cccc(OC2CCCC2)c1)C(=O)O. The van der Waals surface area contributed by atoms with Crippen LogP contribution in [-0.4, -0.2) is 29.1 Å². The Bertz CT molecular complexity index is 523. The molecule has 2 rings (SSSR count). The summed E-state index contributed by atoms with van der Waals surface area (Å²) in [7, 11) is 0. The molecule has 1 fully saturated rings. The van der Waals surface area contributed by atoms with E-state index < -0.39 is 12.0 Å². The van der Waals surface area contributed by atoms with Gasteiger partial charge in [0.15, 0.2) is 0 Å². The van der Waals surface area contributed by atoms with Crippen LogP contribution in [-0.2, 0) is 16.0 Å². The van der Waals surface area contributed by atoms with Crippen LogP contribution in [0.5, 0.6) is 5.75 Å². The van der Waals surface area contributed by atoms with Gasteiger partial charge in [0.25, 0.3) is 0 Å². The number of carboxylic acids is 1. The van der Waals surface area contributed by atoms with Crippen LogP contribution in [0.1, 0.15) is 44.6 Å². The molecule has 2 N–H and O–H groups in total. The van der Waals surface area contributed by atoms with Gasteiger partial charge >= 0.3 is 5.97 Å². The molecule has 0 spiro atoms. The van der Waals surface area contributed by atoms with Gasteiger partial charge in [0.2, 0.25) is 5.91 Å². The Labute approximate surface area is 130 Å². The number of amides is 1. The Kier molecular flexibility index (Phi) is 5.81. The molecule has 0 saturated heterocycles. The molecule has 22 heavy (non-hydrogen) atoms. The van der Waals surface area contributed by atoms with Crippen LogP contribution in [0, 0.1) is 0 Å². The lowest BCUT2D eigenvalue weighted by Crippen LogP contribution is -2.38. The molecule has 0 aromatic heterocycles. The van der Waals surface area contributed by atoms with Crippen molar-refractivity contribution in [3.05, 3.63) is 29.8 Å². The van der Waals surface area contributed by atoms with Gasteiger partial charge in [-0.2, -0.15) is 0 Å². The fourth-order valence-corrected chi connectivity index (χ4v) is 2.61. The summed E-state index contributed by atoms with van der Waals surface area (Å²) in [4.78, 5) is 22.4. The minimum absolute atomic E-state index is 0.253. The van der Waals surface area contributed by atoms with E-state index in [4.69, 9.17) is 9.84 Å². The third kappa shape index (κ3) is 5.06. The first-order valence-electron chi connectivity index (χ1n) is 7.82. The first-order valence-corrected chi connectivity index (χ1v) is 7.82. The second-order valence-corrected chi connectivity index (χ2v) is 5.80. The van der Waals surface area contributed by atoms with Crippen molar-refractivity contribution in [3.8, 4) is 5.75 Å². The van der Waals surface area contributed by atoms with Gasteiger partial charge in [-0.25, -0.2) is 0 Å². The zero-order valence-electron chi connectivity index (χ0n) is 12.9. The van der Waals surface area contributed by atoms with E-state index in [1.54, 1.807) is 0 Å². The van der Waals surface area contributed by atoms with Crippen LogP contribution >= 0.6 is 0 Å². The molecule has 1 aliphatic carbocycles. The number of rotatable bonds is 7. The summed E-state index contributed by atoms with van der Waals surface area (Å²) in [6, 6.07) is 6.93. The molecule has 0 aliphatic heterocycles. The number of benzene rings is 1. The molecular weight excluding hydrogens is 282 g/mol. The molecule has 0 unspecified atom stereocenters. The van der Waals surface area contributed by atoms with Crippen molar-refractivity contribution in [3.63, 3.8) is 0 Å². The van der Waals surface area contributed by atoms with Gasteiger partial charge in [0.05, 0.1) is 6.10 Å². The van der Waals surface area contributed by atoms with Crippen LogP contribution in [0.3, 0.4) is 0 Å². The van der Waals surface area contributed by atoms with E-state index in [1.807, 2.05) is 24.3 Å². The van der Waals surface area contributed by atoms with Crippen molar-refractivity contribution in [1.29, 1.82) is 0 Å². The molecule has 0 heterocycles. The number of aryl methyl sites for hydroxylation is 1. The van der Waals surface area contributed by atoms with Gasteiger partial charge < -0.3 is 15.2 Å². The molecule has 0 bridgehead atoms. The van der Waals surface area contributed by atoms with Gasteiger partial charge in [-0.15, -0.1) is 0 Å². The first-order chi connectivity index (χ1) is 10.5. The Morgan fingerprint density at radius 2 is 2.09 bits per heavy atom. The summed E-state index contributed by atoms with van der Waals surface area (Å²) in [6.07, 6.45) is 5.83. The van der Waals surface area contributed by atoms with Gasteiger partial charge in [-0.1, -0.05) is 12.1 Å². The number of carbonyl (C=O) groups is 2. The summed E-state index contributed by atoms with van der Waals surface area (Å²) < 4.78 is 5.94. The van der Waals surface area contributed by atoms with Crippen LogP contribution in [0.4, 0.5) is 0 Å². The lowest BCUT2D eigenvalue weighted by molar-refractivity contribution is -0.141. The van der Waals surface area contributed by atoms with Crippen LogP contribution in [0.2, 0.25) is 0 Å². The maximum absolute atomic E-state index is 11.7. The fraction of sp³-hybridized carbons (Fsp3) is 0.529. The largest absolute Gasteiger partial charge is 0.490 e. The second kappa shape index (κ2) is 7.82. The van der Waals surface area contributed by atoms with E-state index in [2.05, 4.69) is 5.32 Å². The van der Waals surface area contributed by atoms with Crippen molar-refractivity contribution < 1.29 is 19.4 Å². The predicted octanol–water partition coefficient (Wildman–Crippen LogP) is 2.53. The van der Waals surface area contributed by atoms with E-state index in [1.165, 1.54) is 19.8 Å². The Morgan fingerprint density at radius 3 is 2.77 bits per heavy atom. The average Bonchev–Trinajstić information content (AvgIpc) is 2.98. The zero-order chi connectivity index (χ0) is 15.9. The molecule has 1 amide bonds. The molecule has 1 aromatic carbocycles. The molecule has 5 heteroatoms. The summed E-state index contributed by atoms with van der Waals surface area (Å²) >= 11 is 0. The van der Waals surface area contributed by atoms with Crippen molar-refractivity contribution in [2.24, 2.45) is 0 Å². The quantitative estimate of drug-likeness (QED) is 0.811. The highest BCUT2D eigenvalue weighted by Crippen LogP contribution is 2.24. The summed E-state index contributed by atoms with van der Waals surface area (Å²) in [5.74, 6) is -0.430. The smallest absolute Gasteiger partial charge is 0.325 e. The predicted molar refractivity (Wildman–Crippen MR) is 82.9 cm³/mol. The van der Waals surface area contributed by atoms with Crippen LogP contribution in [0.15, 0.2) is 24.3 Å². The summed E-state index contributed by atoms with van der Waals surface area (Å²) in [6.45, 7) is 1.45. The third-order valence-corrected chi connectivity index (χ3v) is 3.89. The summed E-state index contributed by atoms with van der Waals surface area (Å²) in [5, 5.41) is 11.2. The van der Waals surface area contributed by atoms with Gasteiger partial charge in [-0.05, 0) is 56.7 Å². The minimum Gasteiger partial charge on any atom is -0.490 e. The maximum atomic E-state index is 11.7. The second-order valence-electron chi connectivity index (χ2n) is 5.80. The molecule has 120 valence electrons. The normalized spacial score (nSPS) is 16.2. The first kappa shape index (κ1) is 16.3. The topological polar surface area (TPSA) is 75.6 Å². The highest BCUT2D eigenvalue weighted by atomic mass is 16.5. The number of carboxylic acid groups (broad SMARTS) is 1. The van der Waals surface area contributed by atoms with Crippen LogP contribution < -0.4 is 10.1 Å². The van der Waals surface area contributed by atoms with E-state index in [-0.39, 0.29) is 12.3 Å². The molecule has 1 aromatic rings. The third-order valence-electron chi connectivity index (χ3n) is 3.89. The number of hydrogen-bond donors (Lipinski definition) is 2. The number of hydrogen-bond acceptors (Lipinski definition) is 3. The van der Waals surface area contributed by atoms with Crippen molar-refractivity contribution in [2.75, 3.05) is 0 Å². The van der Waals surface area contributed by atoms with Crippen LogP contribution in [0.25, 0.3) is 0 Å². The van der Waals surface area contributed by atoms with Gasteiger partial charge in [0, 0.05) is 6.42 Å². The highest BCUT2D eigenvalue weighted by molar-refractivity contribution is 5.83. The lowest BCUT2D eigenvalue weighted by atomic mass is 10.1. The van der Waals surface area contributed by atoms with Crippen molar-refractivity contribution in [2.45, 2.75) is 57.6 Å². The van der Waals surface area contributed by atoms with Gasteiger partial charge in [0.1, 0.15) is 11.8 Å². The number of nitrogens with one attached hydrogen (secondary N) is 1. The van der Waals surface area contributed by atoms with Crippen molar-refractivity contribution in [1.82, 2.24) is 5.32 Å². The standard InChI is InChI=1S/C17H23NO4/c1-12(17(20)21)18-16(19)10-9-13-5-4-8-15(11-13)22-14-6-2-3-7-14/h4-5,8,11-12,14H,2-3,6-7,9-10H2,1H3,(H,18,19)(H,20,21)/t12-/m0/s1. The average molecular weight is 305 g/mol. The number of aliphatic carboxylic acids is 1. The molecule has 5 nitrogen and oxygen atoms in total.